The Morgan fingerprint density at radius 2 is 1.58 bits per heavy atom. The minimum Gasteiger partial charge on any atom is -0.496 e. The van der Waals surface area contributed by atoms with E-state index in [1.165, 1.54) is 27.0 Å². The Morgan fingerprint density at radius 3 is 2.16 bits per heavy atom. The lowest BCUT2D eigenvalue weighted by atomic mass is 9.74. The largest absolute Gasteiger partial charge is 0.496 e. The maximum absolute atomic E-state index is 15.1. The lowest BCUT2D eigenvalue weighted by molar-refractivity contribution is -0.169. The standard InChI is InChI=1S/C34H49F3N2O6/c1-31(2,3)45-30(42)33(6)13-11-21(12-14-33)44-25-16-22(24(43-8)17-23(25)35)28(40)39-27-20-10-9-19(15-20)26(27)29(41)38-18-32(4,5)34(7,36)37/h16-17,19-21,26-27H,9-15,18H2,1-8H3,(H,38,41)(H,39,40)/t19-,20+,21?,26+,27-,33?/m1/s1. The number of amides is 2. The molecule has 0 aromatic heterocycles. The summed E-state index contributed by atoms with van der Waals surface area (Å²) in [4.78, 5) is 39.7. The van der Waals surface area contributed by atoms with E-state index in [1.807, 2.05) is 27.7 Å². The minimum atomic E-state index is -2.99. The Labute approximate surface area is 264 Å². The number of nitrogens with one attached hydrogen (secondary N) is 2. The molecule has 3 aliphatic carbocycles. The molecule has 2 N–H and O–H groups in total. The summed E-state index contributed by atoms with van der Waals surface area (Å²) in [7, 11) is 1.34. The van der Waals surface area contributed by atoms with E-state index in [4.69, 9.17) is 14.2 Å². The van der Waals surface area contributed by atoms with Gasteiger partial charge in [-0.25, -0.2) is 13.2 Å². The van der Waals surface area contributed by atoms with Crippen LogP contribution in [-0.2, 0) is 14.3 Å². The SMILES string of the molecule is COc1cc(F)c(OC2CCC(C)(C(=O)OC(C)(C)C)CC2)cc1C(=O)N[C@@H]1[C@H]2CC[C@H](C2)[C@@H]1C(=O)NCC(C)(C)C(C)(F)F. The molecule has 0 radical (unpaired) electrons. The van der Waals surface area contributed by atoms with Crippen LogP contribution in [0.5, 0.6) is 11.5 Å². The molecular weight excluding hydrogens is 589 g/mol. The Balaban J connectivity index is 1.45. The maximum Gasteiger partial charge on any atom is 0.312 e. The van der Waals surface area contributed by atoms with Crippen molar-refractivity contribution in [2.45, 2.75) is 117 Å². The van der Waals surface area contributed by atoms with E-state index >= 15 is 4.39 Å². The van der Waals surface area contributed by atoms with Gasteiger partial charge in [0.25, 0.3) is 11.8 Å². The zero-order valence-electron chi connectivity index (χ0n) is 27.8. The van der Waals surface area contributed by atoms with Crippen molar-refractivity contribution in [3.05, 3.63) is 23.5 Å². The Hall–Kier alpha value is -2.98. The normalized spacial score (nSPS) is 28.4. The van der Waals surface area contributed by atoms with Crippen molar-refractivity contribution in [2.75, 3.05) is 13.7 Å². The quantitative estimate of drug-likeness (QED) is 0.286. The smallest absolute Gasteiger partial charge is 0.312 e. The highest BCUT2D eigenvalue weighted by atomic mass is 19.3. The van der Waals surface area contributed by atoms with Gasteiger partial charge < -0.3 is 24.8 Å². The summed E-state index contributed by atoms with van der Waals surface area (Å²) < 4.78 is 60.2. The summed E-state index contributed by atoms with van der Waals surface area (Å²) in [5.74, 6) is -5.35. The van der Waals surface area contributed by atoms with E-state index < -0.39 is 46.0 Å². The molecule has 2 bridgehead atoms. The molecule has 0 unspecified atom stereocenters. The number of halogens is 3. The third-order valence-electron chi connectivity index (χ3n) is 10.1. The van der Waals surface area contributed by atoms with Gasteiger partial charge in [-0.1, -0.05) is 13.8 Å². The van der Waals surface area contributed by atoms with Crippen LogP contribution in [0.15, 0.2) is 12.1 Å². The van der Waals surface area contributed by atoms with Gasteiger partial charge in [-0.3, -0.25) is 14.4 Å². The molecule has 0 aliphatic heterocycles. The molecule has 4 atom stereocenters. The fraction of sp³-hybridized carbons (Fsp3) is 0.735. The van der Waals surface area contributed by atoms with E-state index in [0.717, 1.165) is 32.3 Å². The zero-order chi connectivity index (χ0) is 33.5. The topological polar surface area (TPSA) is 103 Å². The van der Waals surface area contributed by atoms with Gasteiger partial charge in [0.2, 0.25) is 5.91 Å². The van der Waals surface area contributed by atoms with Crippen molar-refractivity contribution in [3.8, 4) is 11.5 Å². The molecule has 45 heavy (non-hydrogen) atoms. The molecule has 1 aromatic rings. The van der Waals surface area contributed by atoms with Crippen molar-refractivity contribution in [1.82, 2.24) is 10.6 Å². The second-order valence-corrected chi connectivity index (χ2v) is 15.2. The number of carbonyl (C=O) groups is 3. The van der Waals surface area contributed by atoms with Gasteiger partial charge >= 0.3 is 5.97 Å². The summed E-state index contributed by atoms with van der Waals surface area (Å²) in [6.45, 7) is 10.8. The molecule has 3 saturated carbocycles. The van der Waals surface area contributed by atoms with Crippen molar-refractivity contribution >= 4 is 17.8 Å². The number of hydrogen-bond donors (Lipinski definition) is 2. The number of methoxy groups -OCH3 is 1. The van der Waals surface area contributed by atoms with Crippen LogP contribution in [0, 0.1) is 34.4 Å². The Bertz CT molecular complexity index is 1280. The second kappa shape index (κ2) is 12.7. The van der Waals surface area contributed by atoms with Gasteiger partial charge in [-0.2, -0.15) is 0 Å². The minimum absolute atomic E-state index is 0.0228. The summed E-state index contributed by atoms with van der Waals surface area (Å²) in [6.07, 6.45) is 4.10. The van der Waals surface area contributed by atoms with Crippen molar-refractivity contribution < 1.29 is 41.8 Å². The molecule has 3 aliphatic rings. The van der Waals surface area contributed by atoms with E-state index in [9.17, 15) is 23.2 Å². The predicted molar refractivity (Wildman–Crippen MR) is 163 cm³/mol. The number of carbonyl (C=O) groups excluding carboxylic acids is 3. The first kappa shape index (κ1) is 34.9. The highest BCUT2D eigenvalue weighted by Gasteiger charge is 2.52. The van der Waals surface area contributed by atoms with Gasteiger partial charge in [0.05, 0.1) is 30.1 Å². The lowest BCUT2D eigenvalue weighted by Gasteiger charge is -2.37. The molecule has 2 amide bonds. The average Bonchev–Trinajstić information content (AvgIpc) is 3.54. The number of ether oxygens (including phenoxy) is 3. The average molecular weight is 639 g/mol. The fourth-order valence-electron chi connectivity index (χ4n) is 6.79. The van der Waals surface area contributed by atoms with E-state index in [-0.39, 0.29) is 53.4 Å². The van der Waals surface area contributed by atoms with E-state index in [2.05, 4.69) is 10.6 Å². The summed E-state index contributed by atoms with van der Waals surface area (Å²) >= 11 is 0. The van der Waals surface area contributed by atoms with Crippen LogP contribution in [0.2, 0.25) is 0 Å². The van der Waals surface area contributed by atoms with Gasteiger partial charge in [0, 0.05) is 24.1 Å². The van der Waals surface area contributed by atoms with Crippen molar-refractivity contribution in [2.24, 2.45) is 28.6 Å². The van der Waals surface area contributed by atoms with Crippen molar-refractivity contribution in [1.29, 1.82) is 0 Å². The summed E-state index contributed by atoms with van der Waals surface area (Å²) in [5, 5.41) is 5.71. The van der Waals surface area contributed by atoms with Crippen LogP contribution in [-0.4, -0.2) is 55.1 Å². The van der Waals surface area contributed by atoms with Crippen LogP contribution >= 0.6 is 0 Å². The highest BCUT2D eigenvalue weighted by molar-refractivity contribution is 5.98. The molecule has 8 nitrogen and oxygen atoms in total. The number of esters is 1. The molecule has 0 saturated heterocycles. The number of alkyl halides is 2. The van der Waals surface area contributed by atoms with Crippen LogP contribution in [0.3, 0.4) is 0 Å². The lowest BCUT2D eigenvalue weighted by Crippen LogP contribution is -2.52. The monoisotopic (exact) mass is 638 g/mol. The first-order valence-corrected chi connectivity index (χ1v) is 16.0. The van der Waals surface area contributed by atoms with Gasteiger partial charge in [-0.05, 0) is 97.5 Å². The number of benzene rings is 1. The first-order valence-electron chi connectivity index (χ1n) is 16.0. The Morgan fingerprint density at radius 1 is 0.956 bits per heavy atom. The fourth-order valence-corrected chi connectivity index (χ4v) is 6.79. The maximum atomic E-state index is 15.1. The van der Waals surface area contributed by atoms with Gasteiger partial charge in [-0.15, -0.1) is 0 Å². The molecule has 1 aromatic carbocycles. The van der Waals surface area contributed by atoms with E-state index in [0.29, 0.717) is 25.7 Å². The van der Waals surface area contributed by atoms with Crippen LogP contribution < -0.4 is 20.1 Å². The molecule has 0 heterocycles. The van der Waals surface area contributed by atoms with Gasteiger partial charge in [0.1, 0.15) is 11.4 Å². The Kier molecular flexibility index (Phi) is 9.82. The number of rotatable bonds is 10. The highest BCUT2D eigenvalue weighted by Crippen LogP contribution is 2.49. The van der Waals surface area contributed by atoms with Crippen LogP contribution in [0.25, 0.3) is 0 Å². The van der Waals surface area contributed by atoms with Gasteiger partial charge in [0.15, 0.2) is 11.6 Å². The second-order valence-electron chi connectivity index (χ2n) is 15.2. The predicted octanol–water partition coefficient (Wildman–Crippen LogP) is 6.45. The third kappa shape index (κ3) is 7.71. The number of hydrogen-bond acceptors (Lipinski definition) is 6. The van der Waals surface area contributed by atoms with Crippen LogP contribution in [0.1, 0.15) is 104 Å². The van der Waals surface area contributed by atoms with Crippen molar-refractivity contribution in [3.63, 3.8) is 0 Å². The van der Waals surface area contributed by atoms with E-state index in [1.54, 1.807) is 0 Å². The summed E-state index contributed by atoms with van der Waals surface area (Å²) in [6, 6.07) is 1.93. The first-order chi connectivity index (χ1) is 20.7. The van der Waals surface area contributed by atoms with Crippen LogP contribution in [0.4, 0.5) is 13.2 Å². The summed E-state index contributed by atoms with van der Waals surface area (Å²) in [5.41, 5.74) is -2.63. The number of fused-ring (bicyclic) bond motifs is 2. The molecule has 4 rings (SSSR count). The molecule has 252 valence electrons. The molecular formula is C34H49F3N2O6. The third-order valence-corrected chi connectivity index (χ3v) is 10.1. The molecule has 11 heteroatoms. The zero-order valence-corrected chi connectivity index (χ0v) is 27.8. The molecule has 0 spiro atoms. The molecule has 3 fully saturated rings.